The fourth-order valence-corrected chi connectivity index (χ4v) is 4.10. The molecule has 4 rings (SSSR count). The SMILES string of the molecule is CCc1cc(Oc2nccn3c(-c4cn(CC(O)CC)nc4C(F)(F)F)cnc23)ccc1C(=O)OCCOCCO. The molecule has 0 fully saturated rings. The number of nitrogens with zero attached hydrogens (tertiary/aromatic N) is 5. The summed E-state index contributed by atoms with van der Waals surface area (Å²) in [7, 11) is 0. The molecule has 0 aliphatic carbocycles. The lowest BCUT2D eigenvalue weighted by Crippen LogP contribution is -2.16. The summed E-state index contributed by atoms with van der Waals surface area (Å²) in [5.74, 6) is -0.154. The molecule has 0 radical (unpaired) electrons. The summed E-state index contributed by atoms with van der Waals surface area (Å²) in [6.45, 7) is 3.70. The topological polar surface area (TPSA) is 133 Å². The number of halogens is 3. The maximum atomic E-state index is 13.9. The van der Waals surface area contributed by atoms with E-state index in [0.29, 0.717) is 29.7 Å². The van der Waals surface area contributed by atoms with Crippen molar-refractivity contribution in [1.29, 1.82) is 0 Å². The lowest BCUT2D eigenvalue weighted by molar-refractivity contribution is -0.141. The molecule has 14 heteroatoms. The highest BCUT2D eigenvalue weighted by Crippen LogP contribution is 2.37. The van der Waals surface area contributed by atoms with Gasteiger partial charge in [-0.2, -0.15) is 18.3 Å². The van der Waals surface area contributed by atoms with Gasteiger partial charge in [-0.25, -0.2) is 14.8 Å². The molecule has 1 unspecified atom stereocenters. The van der Waals surface area contributed by atoms with Gasteiger partial charge in [0.15, 0.2) is 5.69 Å². The van der Waals surface area contributed by atoms with E-state index in [1.165, 1.54) is 29.2 Å². The zero-order valence-corrected chi connectivity index (χ0v) is 22.5. The number of benzene rings is 1. The second kappa shape index (κ2) is 13.1. The summed E-state index contributed by atoms with van der Waals surface area (Å²) in [5, 5.41) is 22.3. The molecule has 1 atom stereocenters. The molecule has 3 heterocycles. The second-order valence-electron chi connectivity index (χ2n) is 8.99. The van der Waals surface area contributed by atoms with Gasteiger partial charge in [-0.05, 0) is 36.6 Å². The highest BCUT2D eigenvalue weighted by molar-refractivity contribution is 5.91. The number of hydrogen-bond donors (Lipinski definition) is 2. The molecule has 0 aliphatic heterocycles. The summed E-state index contributed by atoms with van der Waals surface area (Å²) in [4.78, 5) is 21.0. The average molecular weight is 578 g/mol. The van der Waals surface area contributed by atoms with Crippen molar-refractivity contribution in [3.63, 3.8) is 0 Å². The average Bonchev–Trinajstić information content (AvgIpc) is 3.57. The fourth-order valence-electron chi connectivity index (χ4n) is 4.10. The Balaban J connectivity index is 1.60. The smallest absolute Gasteiger partial charge is 0.435 e. The molecule has 0 amide bonds. The number of carbonyl (C=O) groups excluding carboxylic acids is 1. The van der Waals surface area contributed by atoms with Crippen LogP contribution in [0.4, 0.5) is 13.2 Å². The summed E-state index contributed by atoms with van der Waals surface area (Å²) in [5.41, 5.74) is -0.0221. The van der Waals surface area contributed by atoms with Crippen molar-refractivity contribution in [2.45, 2.75) is 45.5 Å². The van der Waals surface area contributed by atoms with Gasteiger partial charge >= 0.3 is 12.1 Å². The minimum Gasteiger partial charge on any atom is -0.460 e. The van der Waals surface area contributed by atoms with Crippen molar-refractivity contribution in [3.05, 3.63) is 59.8 Å². The van der Waals surface area contributed by atoms with E-state index in [-0.39, 0.29) is 55.8 Å². The number of fused-ring (bicyclic) bond motifs is 1. The van der Waals surface area contributed by atoms with Gasteiger partial charge in [0.25, 0.3) is 5.88 Å². The Labute approximate surface area is 233 Å². The molecule has 0 saturated carbocycles. The Hall–Kier alpha value is -4.01. The van der Waals surface area contributed by atoms with Crippen molar-refractivity contribution >= 4 is 11.6 Å². The number of alkyl halides is 3. The van der Waals surface area contributed by atoms with Gasteiger partial charge in [-0.1, -0.05) is 13.8 Å². The molecule has 4 aromatic rings. The number of carbonyl (C=O) groups is 1. The van der Waals surface area contributed by atoms with E-state index < -0.39 is 23.9 Å². The van der Waals surface area contributed by atoms with Crippen LogP contribution in [0.25, 0.3) is 16.9 Å². The van der Waals surface area contributed by atoms with Gasteiger partial charge in [-0.3, -0.25) is 9.08 Å². The van der Waals surface area contributed by atoms with Gasteiger partial charge in [0.05, 0.1) is 55.5 Å². The Morgan fingerprint density at radius 2 is 1.95 bits per heavy atom. The Bertz CT molecular complexity index is 1490. The van der Waals surface area contributed by atoms with E-state index in [0.717, 1.165) is 4.68 Å². The largest absolute Gasteiger partial charge is 0.460 e. The van der Waals surface area contributed by atoms with Crippen LogP contribution in [-0.2, 0) is 28.6 Å². The maximum Gasteiger partial charge on any atom is 0.435 e. The predicted octanol–water partition coefficient (Wildman–Crippen LogP) is 3.90. The van der Waals surface area contributed by atoms with Crippen molar-refractivity contribution in [1.82, 2.24) is 24.1 Å². The first-order chi connectivity index (χ1) is 19.7. The van der Waals surface area contributed by atoms with Crippen molar-refractivity contribution in [3.8, 4) is 22.9 Å². The van der Waals surface area contributed by atoms with Crippen LogP contribution in [0.15, 0.2) is 43.0 Å². The quantitative estimate of drug-likeness (QED) is 0.179. The zero-order valence-electron chi connectivity index (χ0n) is 22.5. The molecule has 0 aliphatic rings. The van der Waals surface area contributed by atoms with Crippen molar-refractivity contribution in [2.75, 3.05) is 26.4 Å². The zero-order chi connectivity index (χ0) is 29.6. The van der Waals surface area contributed by atoms with Gasteiger partial charge in [0.2, 0.25) is 5.65 Å². The highest BCUT2D eigenvalue weighted by Gasteiger charge is 2.38. The number of hydrogen-bond acceptors (Lipinski definition) is 9. The second-order valence-corrected chi connectivity index (χ2v) is 8.99. The first-order valence-corrected chi connectivity index (χ1v) is 13.0. The number of rotatable bonds is 13. The standard InChI is InChI=1S/C27H30F3N5O6/c1-3-17-13-19(5-6-20(17)26(38)40-12-11-39-10-9-36)41-25-24-32-14-22(35(24)8-7-31-25)21-16-34(15-18(37)4-2)33-23(21)27(28,29)30/h5-8,13-14,16,18,36-37H,3-4,9-12,15H2,1-2H3. The summed E-state index contributed by atoms with van der Waals surface area (Å²) in [6, 6.07) is 4.76. The molecular weight excluding hydrogens is 547 g/mol. The summed E-state index contributed by atoms with van der Waals surface area (Å²) < 4.78 is 60.4. The highest BCUT2D eigenvalue weighted by atomic mass is 19.4. The molecule has 0 saturated heterocycles. The third kappa shape index (κ3) is 7.01. The summed E-state index contributed by atoms with van der Waals surface area (Å²) >= 11 is 0. The van der Waals surface area contributed by atoms with E-state index in [2.05, 4.69) is 15.1 Å². The van der Waals surface area contributed by atoms with E-state index >= 15 is 0 Å². The molecule has 11 nitrogen and oxygen atoms in total. The fraction of sp³-hybridized carbons (Fsp3) is 0.407. The molecular formula is C27H30F3N5O6. The van der Waals surface area contributed by atoms with E-state index in [4.69, 9.17) is 19.3 Å². The Morgan fingerprint density at radius 3 is 2.66 bits per heavy atom. The molecule has 1 aromatic carbocycles. The maximum absolute atomic E-state index is 13.9. The van der Waals surface area contributed by atoms with Gasteiger partial charge in [-0.15, -0.1) is 0 Å². The number of aromatic nitrogens is 5. The molecule has 0 bridgehead atoms. The van der Waals surface area contributed by atoms with Crippen molar-refractivity contribution in [2.24, 2.45) is 0 Å². The van der Waals surface area contributed by atoms with Gasteiger partial charge < -0.3 is 24.4 Å². The van der Waals surface area contributed by atoms with Crippen LogP contribution >= 0.6 is 0 Å². The molecule has 0 spiro atoms. The summed E-state index contributed by atoms with van der Waals surface area (Å²) in [6.07, 6.45) is 0.614. The molecule has 220 valence electrons. The lowest BCUT2D eigenvalue weighted by atomic mass is 10.1. The number of aliphatic hydroxyl groups excluding tert-OH is 2. The Morgan fingerprint density at radius 1 is 1.15 bits per heavy atom. The van der Waals surface area contributed by atoms with Crippen LogP contribution in [0, 0.1) is 0 Å². The monoisotopic (exact) mass is 577 g/mol. The van der Waals surface area contributed by atoms with Crippen LogP contribution in [-0.4, -0.2) is 72.9 Å². The number of aryl methyl sites for hydroxylation is 1. The molecule has 3 aromatic heterocycles. The number of ether oxygens (including phenoxy) is 3. The van der Waals surface area contributed by atoms with Gasteiger partial charge in [0.1, 0.15) is 12.4 Å². The number of aliphatic hydroxyl groups is 2. The van der Waals surface area contributed by atoms with Crippen LogP contribution in [0.2, 0.25) is 0 Å². The minimum atomic E-state index is -4.74. The van der Waals surface area contributed by atoms with Crippen LogP contribution in [0.3, 0.4) is 0 Å². The third-order valence-corrected chi connectivity index (χ3v) is 6.16. The number of esters is 1. The van der Waals surface area contributed by atoms with Crippen LogP contribution in [0.1, 0.15) is 41.9 Å². The minimum absolute atomic E-state index is 0.0303. The predicted molar refractivity (Wildman–Crippen MR) is 140 cm³/mol. The normalized spacial score (nSPS) is 12.6. The first-order valence-electron chi connectivity index (χ1n) is 13.0. The first kappa shape index (κ1) is 30.0. The van der Waals surface area contributed by atoms with E-state index in [9.17, 15) is 23.1 Å². The third-order valence-electron chi connectivity index (χ3n) is 6.16. The van der Waals surface area contributed by atoms with E-state index in [1.807, 2.05) is 6.92 Å². The van der Waals surface area contributed by atoms with Crippen LogP contribution < -0.4 is 4.74 Å². The Kier molecular flexibility index (Phi) is 9.57. The molecule has 2 N–H and O–H groups in total. The van der Waals surface area contributed by atoms with Crippen molar-refractivity contribution < 1.29 is 42.4 Å². The van der Waals surface area contributed by atoms with Gasteiger partial charge in [0, 0.05) is 18.6 Å². The molecule has 41 heavy (non-hydrogen) atoms. The number of imidazole rings is 1. The van der Waals surface area contributed by atoms with Crippen LogP contribution in [0.5, 0.6) is 11.6 Å². The van der Waals surface area contributed by atoms with E-state index in [1.54, 1.807) is 25.1 Å². The lowest BCUT2D eigenvalue weighted by Gasteiger charge is -2.12.